The lowest BCUT2D eigenvalue weighted by molar-refractivity contribution is -0.171. The molecule has 0 radical (unpaired) electrons. The molecule has 4 heterocycles. The van der Waals surface area contributed by atoms with Crippen LogP contribution in [0.15, 0.2) is 42.5 Å². The lowest BCUT2D eigenvalue weighted by Crippen LogP contribution is -2.57. The average molecular weight is 376 g/mol. The van der Waals surface area contributed by atoms with Gasteiger partial charge in [-0.25, -0.2) is 4.79 Å². The number of nitrogens with zero attached hydrogens (tertiary/aromatic N) is 1. The van der Waals surface area contributed by atoms with E-state index in [-0.39, 0.29) is 25.3 Å². The number of amides is 1. The van der Waals surface area contributed by atoms with Gasteiger partial charge in [0.25, 0.3) is 5.91 Å². The third-order valence-electron chi connectivity index (χ3n) is 5.74. The van der Waals surface area contributed by atoms with E-state index < -0.39 is 12.1 Å². The second kappa shape index (κ2) is 5.51. The summed E-state index contributed by atoms with van der Waals surface area (Å²) in [6.45, 7) is -0.0510. The second-order valence-corrected chi connectivity index (χ2v) is 7.21. The molecule has 1 saturated heterocycles. The van der Waals surface area contributed by atoms with Crippen molar-refractivity contribution in [3.63, 3.8) is 0 Å². The first-order valence-corrected chi connectivity index (χ1v) is 9.17. The molecule has 0 bridgehead atoms. The number of esters is 1. The number of hydrogen-bond acceptors (Lipinski definition) is 5. The minimum Gasteiger partial charge on any atom is -0.454 e. The monoisotopic (exact) mass is 376 g/mol. The second-order valence-electron chi connectivity index (χ2n) is 7.21. The minimum atomic E-state index is -0.636. The molecular formula is C21H16N2O5. The molecule has 0 unspecified atom stereocenters. The van der Waals surface area contributed by atoms with Crippen molar-refractivity contribution in [1.29, 1.82) is 0 Å². The Labute approximate surface area is 159 Å². The number of nitrogens with one attached hydrogen (secondary N) is 1. The van der Waals surface area contributed by atoms with Crippen molar-refractivity contribution in [2.75, 3.05) is 13.4 Å². The van der Waals surface area contributed by atoms with E-state index in [1.807, 2.05) is 42.5 Å². The number of cyclic esters (lactones) is 1. The van der Waals surface area contributed by atoms with Crippen molar-refractivity contribution in [2.45, 2.75) is 18.5 Å². The van der Waals surface area contributed by atoms with Crippen LogP contribution in [-0.2, 0) is 20.7 Å². The maximum atomic E-state index is 12.8. The Balaban J connectivity index is 1.60. The highest BCUT2D eigenvalue weighted by Gasteiger charge is 2.47. The van der Waals surface area contributed by atoms with Gasteiger partial charge in [-0.15, -0.1) is 0 Å². The van der Waals surface area contributed by atoms with Gasteiger partial charge in [-0.05, 0) is 29.3 Å². The van der Waals surface area contributed by atoms with Crippen molar-refractivity contribution in [2.24, 2.45) is 0 Å². The first kappa shape index (κ1) is 15.6. The molecule has 1 amide bonds. The fraction of sp³-hybridized carbons (Fsp3) is 0.238. The van der Waals surface area contributed by atoms with E-state index in [0.717, 1.165) is 27.7 Å². The zero-order valence-corrected chi connectivity index (χ0v) is 14.8. The molecule has 7 nitrogen and oxygen atoms in total. The molecule has 7 heteroatoms. The summed E-state index contributed by atoms with van der Waals surface area (Å²) in [4.78, 5) is 30.5. The predicted octanol–water partition coefficient (Wildman–Crippen LogP) is 2.30. The van der Waals surface area contributed by atoms with Gasteiger partial charge < -0.3 is 24.1 Å². The largest absolute Gasteiger partial charge is 0.454 e. The number of carbonyl (C=O) groups excluding carboxylic acids is 2. The number of para-hydroxylation sites is 1. The molecule has 1 N–H and O–H groups in total. The van der Waals surface area contributed by atoms with Crippen LogP contribution in [0.4, 0.5) is 0 Å². The van der Waals surface area contributed by atoms with Gasteiger partial charge in [0, 0.05) is 23.0 Å². The van der Waals surface area contributed by atoms with Crippen LogP contribution in [0.25, 0.3) is 10.9 Å². The molecule has 2 atom stereocenters. The van der Waals surface area contributed by atoms with Gasteiger partial charge >= 0.3 is 5.97 Å². The molecule has 3 aromatic rings. The number of carbonyl (C=O) groups is 2. The number of fused-ring (bicyclic) bond motifs is 5. The van der Waals surface area contributed by atoms with Crippen molar-refractivity contribution in [1.82, 2.24) is 9.88 Å². The van der Waals surface area contributed by atoms with Gasteiger partial charge in [0.2, 0.25) is 6.79 Å². The van der Waals surface area contributed by atoms with Crippen molar-refractivity contribution >= 4 is 22.8 Å². The summed E-state index contributed by atoms with van der Waals surface area (Å²) in [6, 6.07) is 12.6. The average Bonchev–Trinajstić information content (AvgIpc) is 3.33. The predicted molar refractivity (Wildman–Crippen MR) is 98.0 cm³/mol. The maximum Gasteiger partial charge on any atom is 0.329 e. The normalized spacial score (nSPS) is 22.8. The summed E-state index contributed by atoms with van der Waals surface area (Å²) in [5.74, 6) is 0.763. The van der Waals surface area contributed by atoms with Gasteiger partial charge in [-0.2, -0.15) is 0 Å². The molecule has 1 fully saturated rings. The molecular weight excluding hydrogens is 360 g/mol. The van der Waals surface area contributed by atoms with E-state index in [1.54, 1.807) is 4.90 Å². The lowest BCUT2D eigenvalue weighted by atomic mass is 9.87. The quantitative estimate of drug-likeness (QED) is 0.659. The molecule has 2 aromatic carbocycles. The summed E-state index contributed by atoms with van der Waals surface area (Å²) in [7, 11) is 0. The number of hydrogen-bond donors (Lipinski definition) is 1. The van der Waals surface area contributed by atoms with E-state index in [1.165, 1.54) is 0 Å². The zero-order valence-electron chi connectivity index (χ0n) is 14.8. The number of morpholine rings is 1. The number of benzene rings is 2. The van der Waals surface area contributed by atoms with Gasteiger partial charge in [0.15, 0.2) is 18.1 Å². The standard InChI is InChI=1S/C21H16N2O5/c24-18-9-26-21(25)15-8-13-12-3-1-2-4-14(12)22-19(13)20(23(15)18)11-5-6-16-17(7-11)28-10-27-16/h1-7,15,20,22H,8-10H2/t15-,20-/m1/s1. The van der Waals surface area contributed by atoms with Crippen molar-refractivity contribution < 1.29 is 23.8 Å². The highest BCUT2D eigenvalue weighted by atomic mass is 16.7. The Kier molecular flexibility index (Phi) is 3.06. The van der Waals surface area contributed by atoms with Crippen LogP contribution in [0.2, 0.25) is 0 Å². The molecule has 0 aliphatic carbocycles. The topological polar surface area (TPSA) is 80.9 Å². The third kappa shape index (κ3) is 2.04. The number of aromatic nitrogens is 1. The Morgan fingerprint density at radius 3 is 2.79 bits per heavy atom. The molecule has 3 aliphatic heterocycles. The number of aromatic amines is 1. The van der Waals surface area contributed by atoms with Gasteiger partial charge in [0.05, 0.1) is 6.04 Å². The van der Waals surface area contributed by atoms with Crippen molar-refractivity contribution in [3.8, 4) is 11.5 Å². The summed E-state index contributed by atoms with van der Waals surface area (Å²) in [5, 5.41) is 1.06. The SMILES string of the molecule is O=C1OCC(=O)N2[C@H](c3ccc4c(c3)OCO4)c3[nH]c4ccccc4c3C[C@H]12. The fourth-order valence-electron chi connectivity index (χ4n) is 4.51. The molecule has 140 valence electrons. The molecule has 3 aliphatic rings. The number of H-pyrrole nitrogens is 1. The number of ether oxygens (including phenoxy) is 3. The van der Waals surface area contributed by atoms with E-state index in [0.29, 0.717) is 17.9 Å². The fourth-order valence-corrected chi connectivity index (χ4v) is 4.51. The van der Waals surface area contributed by atoms with Crippen LogP contribution in [-0.4, -0.2) is 41.2 Å². The molecule has 0 saturated carbocycles. The van der Waals surface area contributed by atoms with Crippen LogP contribution >= 0.6 is 0 Å². The summed E-state index contributed by atoms with van der Waals surface area (Å²) in [6.07, 6.45) is 0.435. The minimum absolute atomic E-state index is 0.179. The Morgan fingerprint density at radius 2 is 1.86 bits per heavy atom. The zero-order chi connectivity index (χ0) is 18.8. The lowest BCUT2D eigenvalue weighted by Gasteiger charge is -2.43. The summed E-state index contributed by atoms with van der Waals surface area (Å²) in [5.41, 5.74) is 3.83. The van der Waals surface area contributed by atoms with Crippen LogP contribution in [0.3, 0.4) is 0 Å². The molecule has 28 heavy (non-hydrogen) atoms. The Morgan fingerprint density at radius 1 is 1.00 bits per heavy atom. The van der Waals surface area contributed by atoms with Gasteiger partial charge in [-0.1, -0.05) is 24.3 Å². The first-order chi connectivity index (χ1) is 13.7. The van der Waals surface area contributed by atoms with Crippen molar-refractivity contribution in [3.05, 3.63) is 59.3 Å². The Hall–Kier alpha value is -3.48. The summed E-state index contributed by atoms with van der Waals surface area (Å²) < 4.78 is 16.1. The van der Waals surface area contributed by atoms with Crippen LogP contribution in [0.1, 0.15) is 22.9 Å². The maximum absolute atomic E-state index is 12.8. The number of rotatable bonds is 1. The van der Waals surface area contributed by atoms with Gasteiger partial charge in [0.1, 0.15) is 6.04 Å². The highest BCUT2D eigenvalue weighted by molar-refractivity contribution is 5.94. The van der Waals surface area contributed by atoms with Gasteiger partial charge in [-0.3, -0.25) is 4.79 Å². The first-order valence-electron chi connectivity index (χ1n) is 9.17. The third-order valence-corrected chi connectivity index (χ3v) is 5.74. The van der Waals surface area contributed by atoms with E-state index in [9.17, 15) is 9.59 Å². The molecule has 0 spiro atoms. The summed E-state index contributed by atoms with van der Waals surface area (Å²) >= 11 is 0. The highest BCUT2D eigenvalue weighted by Crippen LogP contribution is 2.44. The molecule has 1 aromatic heterocycles. The van der Waals surface area contributed by atoms with E-state index in [4.69, 9.17) is 14.2 Å². The van der Waals surface area contributed by atoms with E-state index >= 15 is 0 Å². The van der Waals surface area contributed by atoms with E-state index in [2.05, 4.69) is 4.98 Å². The Bertz CT molecular complexity index is 1150. The van der Waals surface area contributed by atoms with Crippen LogP contribution in [0, 0.1) is 0 Å². The van der Waals surface area contributed by atoms with Crippen LogP contribution < -0.4 is 9.47 Å². The molecule has 6 rings (SSSR count). The van der Waals surface area contributed by atoms with Crippen LogP contribution in [0.5, 0.6) is 11.5 Å². The smallest absolute Gasteiger partial charge is 0.329 e.